The fourth-order valence-corrected chi connectivity index (χ4v) is 4.34. The van der Waals surface area contributed by atoms with Crippen LogP contribution in [0.25, 0.3) is 0 Å². The van der Waals surface area contributed by atoms with E-state index in [0.717, 1.165) is 50.7 Å². The zero-order chi connectivity index (χ0) is 16.1. The summed E-state index contributed by atoms with van der Waals surface area (Å²) in [5.74, 6) is 2.45. The Balaban J connectivity index is 1.73. The highest BCUT2D eigenvalue weighted by Gasteiger charge is 2.22. The smallest absolute Gasteiger partial charge is 0.134 e. The largest absolute Gasteiger partial charge is 0.396 e. The molecule has 3 heterocycles. The first-order valence-corrected chi connectivity index (χ1v) is 10.0. The zero-order valence-electron chi connectivity index (χ0n) is 14.0. The first-order chi connectivity index (χ1) is 11.3. The highest BCUT2D eigenvalue weighted by molar-refractivity contribution is 7.99. The monoisotopic (exact) mass is 336 g/mol. The molecule has 1 aromatic rings. The Labute approximate surface area is 143 Å². The lowest BCUT2D eigenvalue weighted by Gasteiger charge is -2.33. The first kappa shape index (κ1) is 16.8. The second kappa shape index (κ2) is 8.20. The van der Waals surface area contributed by atoms with Crippen LogP contribution < -0.4 is 9.80 Å². The number of piperidine rings is 1. The number of hydrogen-bond donors (Lipinski definition) is 1. The van der Waals surface area contributed by atoms with E-state index < -0.39 is 0 Å². The van der Waals surface area contributed by atoms with Gasteiger partial charge in [0.2, 0.25) is 0 Å². The number of aliphatic hydroxyl groups is 1. The van der Waals surface area contributed by atoms with E-state index in [1.54, 1.807) is 6.33 Å². The fourth-order valence-electron chi connectivity index (χ4n) is 3.61. The van der Waals surface area contributed by atoms with E-state index in [1.807, 2.05) is 11.8 Å². The summed E-state index contributed by atoms with van der Waals surface area (Å²) in [7, 11) is 0. The molecule has 2 aliphatic heterocycles. The van der Waals surface area contributed by atoms with Crippen molar-refractivity contribution in [2.75, 3.05) is 48.8 Å². The maximum absolute atomic E-state index is 9.43. The van der Waals surface area contributed by atoms with E-state index in [9.17, 15) is 5.11 Å². The van der Waals surface area contributed by atoms with E-state index in [0.29, 0.717) is 11.2 Å². The van der Waals surface area contributed by atoms with Gasteiger partial charge in [-0.2, -0.15) is 11.8 Å². The van der Waals surface area contributed by atoms with Gasteiger partial charge in [0.25, 0.3) is 0 Å². The van der Waals surface area contributed by atoms with Gasteiger partial charge in [-0.3, -0.25) is 0 Å². The molecule has 23 heavy (non-hydrogen) atoms. The average Bonchev–Trinajstić information content (AvgIpc) is 2.87. The topological polar surface area (TPSA) is 52.5 Å². The van der Waals surface area contributed by atoms with E-state index in [4.69, 9.17) is 0 Å². The Morgan fingerprint density at radius 1 is 1.09 bits per heavy atom. The third kappa shape index (κ3) is 4.29. The molecule has 5 nitrogen and oxygen atoms in total. The number of aromatic nitrogens is 2. The molecule has 0 spiro atoms. The Morgan fingerprint density at radius 2 is 1.83 bits per heavy atom. The van der Waals surface area contributed by atoms with Crippen molar-refractivity contribution < 1.29 is 5.11 Å². The van der Waals surface area contributed by atoms with Crippen molar-refractivity contribution in [2.24, 2.45) is 5.92 Å². The Hall–Kier alpha value is -1.01. The van der Waals surface area contributed by atoms with E-state index in [-0.39, 0.29) is 6.61 Å². The van der Waals surface area contributed by atoms with Gasteiger partial charge >= 0.3 is 0 Å². The second-order valence-electron chi connectivity index (χ2n) is 6.67. The van der Waals surface area contributed by atoms with Crippen LogP contribution in [0.5, 0.6) is 0 Å². The molecule has 2 atom stereocenters. The number of rotatable bonds is 4. The molecule has 2 saturated heterocycles. The standard InChI is InChI=1S/C17H28N4OS/c1-23-15-6-2-3-7-21(11-15)17-9-16(18-13-19-17)20-8-4-5-14(10-20)12-22/h9,13-15,22H,2-8,10-12H2,1H3/t14-,15+/m0/s1. The van der Waals surface area contributed by atoms with Crippen LogP contribution in [-0.4, -0.2) is 59.4 Å². The third-order valence-electron chi connectivity index (χ3n) is 5.02. The van der Waals surface area contributed by atoms with Crippen LogP contribution in [0.2, 0.25) is 0 Å². The minimum Gasteiger partial charge on any atom is -0.396 e. The SMILES string of the molecule is CS[C@@H]1CCCCN(c2cc(N3CCC[C@H](CO)C3)ncn2)C1. The van der Waals surface area contributed by atoms with Crippen molar-refractivity contribution in [1.82, 2.24) is 9.97 Å². The summed E-state index contributed by atoms with van der Waals surface area (Å²) in [5, 5.41) is 10.1. The predicted octanol–water partition coefficient (Wildman–Crippen LogP) is 2.41. The summed E-state index contributed by atoms with van der Waals surface area (Å²) in [4.78, 5) is 13.8. The number of hydrogen-bond acceptors (Lipinski definition) is 6. The van der Waals surface area contributed by atoms with Crippen LogP contribution in [0.15, 0.2) is 12.4 Å². The van der Waals surface area contributed by atoms with Crippen LogP contribution in [0.4, 0.5) is 11.6 Å². The minimum atomic E-state index is 0.274. The molecule has 0 aromatic carbocycles. The van der Waals surface area contributed by atoms with Crippen molar-refractivity contribution in [3.63, 3.8) is 0 Å². The molecule has 0 amide bonds. The lowest BCUT2D eigenvalue weighted by atomic mass is 9.99. The highest BCUT2D eigenvalue weighted by atomic mass is 32.2. The predicted molar refractivity (Wildman–Crippen MR) is 97.4 cm³/mol. The highest BCUT2D eigenvalue weighted by Crippen LogP contribution is 2.27. The molecular formula is C17H28N4OS. The van der Waals surface area contributed by atoms with Crippen LogP contribution >= 0.6 is 11.8 Å². The van der Waals surface area contributed by atoms with Crippen LogP contribution in [0, 0.1) is 5.92 Å². The van der Waals surface area contributed by atoms with Gasteiger partial charge in [0.1, 0.15) is 18.0 Å². The third-order valence-corrected chi connectivity index (χ3v) is 6.08. The second-order valence-corrected chi connectivity index (χ2v) is 7.81. The maximum Gasteiger partial charge on any atom is 0.134 e. The van der Waals surface area contributed by atoms with Gasteiger partial charge in [0.05, 0.1) is 0 Å². The summed E-state index contributed by atoms with van der Waals surface area (Å²) < 4.78 is 0. The molecule has 3 rings (SSSR count). The molecule has 2 aliphatic rings. The number of aliphatic hydroxyl groups excluding tert-OH is 1. The molecule has 1 aromatic heterocycles. The molecule has 0 bridgehead atoms. The van der Waals surface area contributed by atoms with Crippen LogP contribution in [0.1, 0.15) is 32.1 Å². The summed E-state index contributed by atoms with van der Waals surface area (Å²) in [6.45, 7) is 4.38. The number of thioether (sulfide) groups is 1. The van der Waals surface area contributed by atoms with Gasteiger partial charge in [-0.05, 0) is 37.9 Å². The van der Waals surface area contributed by atoms with Crippen molar-refractivity contribution in [1.29, 1.82) is 0 Å². The van der Waals surface area contributed by atoms with E-state index in [2.05, 4.69) is 32.1 Å². The van der Waals surface area contributed by atoms with Gasteiger partial charge in [-0.25, -0.2) is 9.97 Å². The lowest BCUT2D eigenvalue weighted by Crippen LogP contribution is -2.37. The van der Waals surface area contributed by atoms with Crippen molar-refractivity contribution in [3.8, 4) is 0 Å². The Bertz CT molecular complexity index is 501. The first-order valence-electron chi connectivity index (χ1n) is 8.75. The summed E-state index contributed by atoms with van der Waals surface area (Å²) in [6.07, 6.45) is 10.0. The average molecular weight is 337 g/mol. The van der Waals surface area contributed by atoms with Crippen LogP contribution in [0.3, 0.4) is 0 Å². The van der Waals surface area contributed by atoms with Gasteiger partial charge in [-0.1, -0.05) is 6.42 Å². The van der Waals surface area contributed by atoms with Crippen molar-refractivity contribution in [3.05, 3.63) is 12.4 Å². The minimum absolute atomic E-state index is 0.274. The molecule has 6 heteroatoms. The van der Waals surface area contributed by atoms with Gasteiger partial charge in [0.15, 0.2) is 0 Å². The zero-order valence-corrected chi connectivity index (χ0v) is 14.8. The molecule has 128 valence electrons. The number of anilines is 2. The molecule has 0 radical (unpaired) electrons. The summed E-state index contributed by atoms with van der Waals surface area (Å²) in [5.41, 5.74) is 0. The molecule has 0 aliphatic carbocycles. The summed E-state index contributed by atoms with van der Waals surface area (Å²) in [6, 6.07) is 2.14. The molecule has 0 saturated carbocycles. The molecular weight excluding hydrogens is 308 g/mol. The number of nitrogens with zero attached hydrogens (tertiary/aromatic N) is 4. The maximum atomic E-state index is 9.43. The van der Waals surface area contributed by atoms with E-state index in [1.165, 1.54) is 19.3 Å². The van der Waals surface area contributed by atoms with Crippen molar-refractivity contribution >= 4 is 23.4 Å². The van der Waals surface area contributed by atoms with Crippen LogP contribution in [-0.2, 0) is 0 Å². The van der Waals surface area contributed by atoms with Gasteiger partial charge in [0, 0.05) is 44.1 Å². The Morgan fingerprint density at radius 3 is 2.57 bits per heavy atom. The van der Waals surface area contributed by atoms with Gasteiger partial charge in [-0.15, -0.1) is 0 Å². The van der Waals surface area contributed by atoms with E-state index >= 15 is 0 Å². The van der Waals surface area contributed by atoms with Crippen molar-refractivity contribution in [2.45, 2.75) is 37.4 Å². The molecule has 1 N–H and O–H groups in total. The summed E-state index contributed by atoms with van der Waals surface area (Å²) >= 11 is 1.97. The van der Waals surface area contributed by atoms with Gasteiger partial charge < -0.3 is 14.9 Å². The Kier molecular flexibility index (Phi) is 6.00. The quantitative estimate of drug-likeness (QED) is 0.911. The molecule has 0 unspecified atom stereocenters. The fraction of sp³-hybridized carbons (Fsp3) is 0.765. The molecule has 2 fully saturated rings. The normalized spacial score (nSPS) is 26.2. The lowest BCUT2D eigenvalue weighted by molar-refractivity contribution is 0.208.